The number of rotatable bonds is 6. The highest BCUT2D eigenvalue weighted by atomic mass is 32.1. The summed E-state index contributed by atoms with van der Waals surface area (Å²) in [5, 5.41) is 0. The Hall–Kier alpha value is -3.46. The van der Waals surface area contributed by atoms with E-state index >= 15 is 0 Å². The van der Waals surface area contributed by atoms with Gasteiger partial charge in [-0.25, -0.2) is 4.99 Å². The van der Waals surface area contributed by atoms with Crippen molar-refractivity contribution in [3.05, 3.63) is 61.6 Å². The van der Waals surface area contributed by atoms with Crippen LogP contribution in [-0.4, -0.2) is 39.7 Å². The fourth-order valence-corrected chi connectivity index (χ4v) is 4.34. The summed E-state index contributed by atoms with van der Waals surface area (Å²) in [6.45, 7) is 0.795. The second-order valence-electron chi connectivity index (χ2n) is 6.76. The molecule has 1 aliphatic heterocycles. The van der Waals surface area contributed by atoms with Crippen LogP contribution in [0.3, 0.4) is 0 Å². The van der Waals surface area contributed by atoms with Gasteiger partial charge in [0.15, 0.2) is 16.3 Å². The van der Waals surface area contributed by atoms with Crippen molar-refractivity contribution in [2.75, 3.05) is 40.0 Å². The molecule has 162 valence electrons. The van der Waals surface area contributed by atoms with E-state index in [0.717, 1.165) is 17.0 Å². The topological polar surface area (TPSA) is 74.5 Å². The number of fused-ring (bicyclic) bond motifs is 1. The molecule has 3 aromatic rings. The maximum Gasteiger partial charge on any atom is 0.271 e. The molecule has 0 aliphatic carbocycles. The van der Waals surface area contributed by atoms with E-state index in [9.17, 15) is 4.79 Å². The van der Waals surface area contributed by atoms with Crippen LogP contribution in [0, 0.1) is 0 Å². The van der Waals surface area contributed by atoms with E-state index in [4.69, 9.17) is 18.9 Å². The average Bonchev–Trinajstić information content (AvgIpc) is 3.12. The Balaban J connectivity index is 1.68. The SMILES string of the molecule is COc1ccc(C=c2sc3n(c2=O)CN(c2cc(OC)c(OC)c(OC)c2)CN=3)cc1. The molecular weight excluding hydrogens is 418 g/mol. The van der Waals surface area contributed by atoms with Crippen LogP contribution >= 0.6 is 11.3 Å². The summed E-state index contributed by atoms with van der Waals surface area (Å²) in [6, 6.07) is 11.3. The van der Waals surface area contributed by atoms with Gasteiger partial charge in [0, 0.05) is 17.8 Å². The van der Waals surface area contributed by atoms with Gasteiger partial charge >= 0.3 is 0 Å². The predicted molar refractivity (Wildman–Crippen MR) is 119 cm³/mol. The molecule has 31 heavy (non-hydrogen) atoms. The van der Waals surface area contributed by atoms with E-state index in [1.807, 2.05) is 47.4 Å². The molecule has 0 unspecified atom stereocenters. The van der Waals surface area contributed by atoms with Gasteiger partial charge in [0.25, 0.3) is 5.56 Å². The monoisotopic (exact) mass is 441 g/mol. The summed E-state index contributed by atoms with van der Waals surface area (Å²) >= 11 is 1.39. The molecule has 0 amide bonds. The number of methoxy groups -OCH3 is 4. The molecular formula is C22H23N3O5S. The molecule has 0 N–H and O–H groups in total. The van der Waals surface area contributed by atoms with Crippen LogP contribution in [0.15, 0.2) is 46.2 Å². The zero-order valence-electron chi connectivity index (χ0n) is 17.7. The first kappa shape index (κ1) is 20.8. The average molecular weight is 442 g/mol. The van der Waals surface area contributed by atoms with Crippen LogP contribution in [0.1, 0.15) is 5.56 Å². The van der Waals surface area contributed by atoms with E-state index < -0.39 is 0 Å². The maximum absolute atomic E-state index is 13.0. The molecule has 0 saturated heterocycles. The molecule has 9 heteroatoms. The summed E-state index contributed by atoms with van der Waals surface area (Å²) in [4.78, 5) is 20.3. The highest BCUT2D eigenvalue weighted by Gasteiger charge is 2.20. The van der Waals surface area contributed by atoms with Crippen molar-refractivity contribution >= 4 is 23.1 Å². The first-order valence-electron chi connectivity index (χ1n) is 9.52. The van der Waals surface area contributed by atoms with Crippen molar-refractivity contribution in [1.82, 2.24) is 4.57 Å². The van der Waals surface area contributed by atoms with Gasteiger partial charge in [0.1, 0.15) is 19.1 Å². The Morgan fingerprint density at radius 3 is 2.23 bits per heavy atom. The lowest BCUT2D eigenvalue weighted by molar-refractivity contribution is 0.324. The fraction of sp³-hybridized carbons (Fsp3) is 0.273. The number of benzene rings is 2. The number of anilines is 1. The van der Waals surface area contributed by atoms with Crippen LogP contribution in [-0.2, 0) is 6.67 Å². The molecule has 0 bridgehead atoms. The third-order valence-electron chi connectivity index (χ3n) is 5.01. The van der Waals surface area contributed by atoms with Crippen LogP contribution in [0.5, 0.6) is 23.0 Å². The third-order valence-corrected chi connectivity index (χ3v) is 6.05. The number of hydrogen-bond acceptors (Lipinski definition) is 8. The minimum absolute atomic E-state index is 0.0725. The molecule has 0 spiro atoms. The minimum Gasteiger partial charge on any atom is -0.497 e. The van der Waals surface area contributed by atoms with E-state index in [0.29, 0.717) is 39.9 Å². The molecule has 2 heterocycles. The van der Waals surface area contributed by atoms with Gasteiger partial charge in [0.2, 0.25) is 5.75 Å². The minimum atomic E-state index is -0.0725. The van der Waals surface area contributed by atoms with Crippen molar-refractivity contribution in [1.29, 1.82) is 0 Å². The largest absolute Gasteiger partial charge is 0.497 e. The summed E-state index contributed by atoms with van der Waals surface area (Å²) in [6.07, 6.45) is 1.87. The Labute approximate surface area is 183 Å². The number of thiazole rings is 1. The summed E-state index contributed by atoms with van der Waals surface area (Å²) in [7, 11) is 6.34. The summed E-state index contributed by atoms with van der Waals surface area (Å²) in [5.74, 6) is 2.39. The molecule has 4 rings (SSSR count). The van der Waals surface area contributed by atoms with Crippen molar-refractivity contribution in [3.8, 4) is 23.0 Å². The van der Waals surface area contributed by atoms with Gasteiger partial charge in [-0.1, -0.05) is 23.5 Å². The van der Waals surface area contributed by atoms with Crippen molar-refractivity contribution < 1.29 is 18.9 Å². The number of aromatic nitrogens is 1. The Morgan fingerprint density at radius 1 is 0.968 bits per heavy atom. The van der Waals surface area contributed by atoms with Crippen LogP contribution in [0.4, 0.5) is 5.69 Å². The molecule has 8 nitrogen and oxygen atoms in total. The molecule has 2 aromatic carbocycles. The van der Waals surface area contributed by atoms with E-state index in [2.05, 4.69) is 4.99 Å². The smallest absolute Gasteiger partial charge is 0.271 e. The highest BCUT2D eigenvalue weighted by molar-refractivity contribution is 7.07. The molecule has 1 aromatic heterocycles. The van der Waals surface area contributed by atoms with Crippen molar-refractivity contribution in [2.45, 2.75) is 6.67 Å². The number of nitrogens with zero attached hydrogens (tertiary/aromatic N) is 3. The highest BCUT2D eigenvalue weighted by Crippen LogP contribution is 2.41. The Kier molecular flexibility index (Phi) is 5.85. The lowest BCUT2D eigenvalue weighted by Gasteiger charge is -2.27. The zero-order chi connectivity index (χ0) is 22.0. The lowest BCUT2D eigenvalue weighted by Crippen LogP contribution is -2.42. The second-order valence-corrected chi connectivity index (χ2v) is 7.77. The van der Waals surface area contributed by atoms with Crippen LogP contribution < -0.4 is 38.7 Å². The van der Waals surface area contributed by atoms with Gasteiger partial charge in [-0.15, -0.1) is 0 Å². The second kappa shape index (κ2) is 8.73. The van der Waals surface area contributed by atoms with Crippen LogP contribution in [0.2, 0.25) is 0 Å². The predicted octanol–water partition coefficient (Wildman–Crippen LogP) is 1.83. The normalized spacial score (nSPS) is 13.4. The standard InChI is InChI=1S/C22H23N3O5S/c1-27-16-7-5-14(6-8-16)9-19-21(26)25-13-24(12-23-22(25)31-19)15-10-17(28-2)20(30-4)18(11-15)29-3/h5-11H,12-13H2,1-4H3. The van der Waals surface area contributed by atoms with E-state index in [-0.39, 0.29) is 5.56 Å². The van der Waals surface area contributed by atoms with Crippen molar-refractivity contribution in [3.63, 3.8) is 0 Å². The van der Waals surface area contributed by atoms with Gasteiger partial charge in [-0.05, 0) is 23.8 Å². The van der Waals surface area contributed by atoms with E-state index in [1.54, 1.807) is 33.0 Å². The van der Waals surface area contributed by atoms with Crippen molar-refractivity contribution in [2.24, 2.45) is 4.99 Å². The van der Waals surface area contributed by atoms with E-state index in [1.165, 1.54) is 11.3 Å². The van der Waals surface area contributed by atoms with Gasteiger partial charge in [0.05, 0.1) is 33.0 Å². The Bertz CT molecular complexity index is 1240. The van der Waals surface area contributed by atoms with Gasteiger partial charge in [-0.3, -0.25) is 9.36 Å². The molecule has 0 radical (unpaired) electrons. The molecule has 0 saturated carbocycles. The summed E-state index contributed by atoms with van der Waals surface area (Å²) in [5.41, 5.74) is 1.68. The summed E-state index contributed by atoms with van der Waals surface area (Å²) < 4.78 is 23.8. The fourth-order valence-electron chi connectivity index (χ4n) is 3.38. The molecule has 1 aliphatic rings. The van der Waals surface area contributed by atoms with Gasteiger partial charge < -0.3 is 23.8 Å². The lowest BCUT2D eigenvalue weighted by atomic mass is 10.2. The Morgan fingerprint density at radius 2 is 1.65 bits per heavy atom. The quantitative estimate of drug-likeness (QED) is 0.581. The third kappa shape index (κ3) is 3.96. The molecule has 0 atom stereocenters. The number of hydrogen-bond donors (Lipinski definition) is 0. The molecule has 0 fully saturated rings. The van der Waals surface area contributed by atoms with Crippen LogP contribution in [0.25, 0.3) is 6.08 Å². The first-order chi connectivity index (χ1) is 15.1. The number of ether oxygens (including phenoxy) is 4. The maximum atomic E-state index is 13.0. The first-order valence-corrected chi connectivity index (χ1v) is 10.3. The van der Waals surface area contributed by atoms with Gasteiger partial charge in [-0.2, -0.15) is 0 Å². The zero-order valence-corrected chi connectivity index (χ0v) is 18.6.